The zero-order valence-corrected chi connectivity index (χ0v) is 13.8. The van der Waals surface area contributed by atoms with Crippen molar-refractivity contribution < 1.29 is 14.3 Å². The van der Waals surface area contributed by atoms with E-state index >= 15 is 0 Å². The van der Waals surface area contributed by atoms with Gasteiger partial charge < -0.3 is 4.74 Å². The fourth-order valence-corrected chi connectivity index (χ4v) is 3.37. The summed E-state index contributed by atoms with van der Waals surface area (Å²) >= 11 is 0. The van der Waals surface area contributed by atoms with Crippen LogP contribution < -0.4 is 9.64 Å². The fraction of sp³-hybridized carbons (Fsp3) is 0.556. The fourth-order valence-electron chi connectivity index (χ4n) is 3.37. The van der Waals surface area contributed by atoms with Crippen LogP contribution in [0.4, 0.5) is 5.69 Å². The van der Waals surface area contributed by atoms with Gasteiger partial charge in [-0.2, -0.15) is 0 Å². The van der Waals surface area contributed by atoms with E-state index in [0.717, 1.165) is 31.7 Å². The van der Waals surface area contributed by atoms with E-state index in [-0.39, 0.29) is 17.9 Å². The summed E-state index contributed by atoms with van der Waals surface area (Å²) in [6.07, 6.45) is 2.49. The van der Waals surface area contributed by atoms with Crippen LogP contribution in [0.5, 0.6) is 5.75 Å². The second-order valence-corrected chi connectivity index (χ2v) is 6.43. The van der Waals surface area contributed by atoms with Crippen LogP contribution >= 0.6 is 0 Å². The number of hydrogen-bond acceptors (Lipinski definition) is 4. The number of hydrogen-bond donors (Lipinski definition) is 0. The number of carbonyl (C=O) groups excluding carboxylic acids is 2. The Morgan fingerprint density at radius 3 is 2.39 bits per heavy atom. The highest BCUT2D eigenvalue weighted by Crippen LogP contribution is 2.29. The zero-order valence-electron chi connectivity index (χ0n) is 13.8. The number of amides is 2. The first kappa shape index (κ1) is 16.0. The molecule has 2 saturated heterocycles. The Labute approximate surface area is 137 Å². The average Bonchev–Trinajstić information content (AvgIpc) is 2.84. The summed E-state index contributed by atoms with van der Waals surface area (Å²) in [5.74, 6) is 1.26. The summed E-state index contributed by atoms with van der Waals surface area (Å²) in [6, 6.07) is 6.87. The molecule has 1 atom stereocenters. The lowest BCUT2D eigenvalue weighted by Gasteiger charge is -2.33. The van der Waals surface area contributed by atoms with E-state index in [1.807, 2.05) is 6.92 Å². The molecule has 23 heavy (non-hydrogen) atoms. The summed E-state index contributed by atoms with van der Waals surface area (Å²) in [6.45, 7) is 6.57. The molecular weight excluding hydrogens is 292 g/mol. The molecule has 3 rings (SSSR count). The van der Waals surface area contributed by atoms with Gasteiger partial charge >= 0.3 is 0 Å². The summed E-state index contributed by atoms with van der Waals surface area (Å²) in [5.41, 5.74) is 0.635. The summed E-state index contributed by atoms with van der Waals surface area (Å²) < 4.78 is 5.41. The number of carbonyl (C=O) groups is 2. The van der Waals surface area contributed by atoms with E-state index in [0.29, 0.717) is 24.6 Å². The molecule has 0 bridgehead atoms. The molecule has 2 aliphatic rings. The number of rotatable bonds is 4. The maximum absolute atomic E-state index is 12.7. The summed E-state index contributed by atoms with van der Waals surface area (Å²) in [7, 11) is 0. The smallest absolute Gasteiger partial charge is 0.251 e. The molecule has 2 fully saturated rings. The minimum atomic E-state index is -0.290. The van der Waals surface area contributed by atoms with Crippen molar-refractivity contribution in [2.45, 2.75) is 39.2 Å². The first-order valence-electron chi connectivity index (χ1n) is 8.44. The monoisotopic (exact) mass is 316 g/mol. The Bertz CT molecular complexity index is 576. The molecule has 0 radical (unpaired) electrons. The van der Waals surface area contributed by atoms with Crippen LogP contribution in [-0.4, -0.2) is 42.5 Å². The van der Waals surface area contributed by atoms with Crippen molar-refractivity contribution in [3.63, 3.8) is 0 Å². The van der Waals surface area contributed by atoms with Crippen LogP contribution in [0, 0.1) is 5.92 Å². The Morgan fingerprint density at radius 1 is 1.13 bits per heavy atom. The lowest BCUT2D eigenvalue weighted by atomic mass is 9.97. The Hall–Kier alpha value is -1.88. The molecule has 2 aliphatic heterocycles. The van der Waals surface area contributed by atoms with Gasteiger partial charge in [0.05, 0.1) is 24.8 Å². The van der Waals surface area contributed by atoms with Gasteiger partial charge in [-0.1, -0.05) is 6.92 Å². The Kier molecular flexibility index (Phi) is 4.66. The van der Waals surface area contributed by atoms with Gasteiger partial charge in [-0.25, -0.2) is 4.90 Å². The van der Waals surface area contributed by atoms with E-state index in [2.05, 4.69) is 11.8 Å². The summed E-state index contributed by atoms with van der Waals surface area (Å²) in [5, 5.41) is 0. The molecular formula is C18H24N2O3. The van der Waals surface area contributed by atoms with E-state index in [1.54, 1.807) is 24.3 Å². The van der Waals surface area contributed by atoms with Crippen molar-refractivity contribution in [1.82, 2.24) is 4.90 Å². The summed E-state index contributed by atoms with van der Waals surface area (Å²) in [4.78, 5) is 28.6. The van der Waals surface area contributed by atoms with Gasteiger partial charge in [0.1, 0.15) is 5.75 Å². The van der Waals surface area contributed by atoms with Crippen LogP contribution in [0.1, 0.15) is 33.1 Å². The topological polar surface area (TPSA) is 49.9 Å². The highest BCUT2D eigenvalue weighted by atomic mass is 16.5. The maximum atomic E-state index is 12.7. The molecule has 2 heterocycles. The van der Waals surface area contributed by atoms with Gasteiger partial charge in [0.25, 0.3) is 5.91 Å². The molecule has 5 nitrogen and oxygen atoms in total. The van der Waals surface area contributed by atoms with Gasteiger partial charge in [0.15, 0.2) is 0 Å². The lowest BCUT2D eigenvalue weighted by Crippen LogP contribution is -2.45. The van der Waals surface area contributed by atoms with Crippen molar-refractivity contribution in [3.05, 3.63) is 24.3 Å². The molecule has 1 aromatic carbocycles. The largest absolute Gasteiger partial charge is 0.494 e. The van der Waals surface area contributed by atoms with Crippen molar-refractivity contribution in [2.75, 3.05) is 24.6 Å². The molecule has 124 valence electrons. The normalized spacial score (nSPS) is 23.6. The molecule has 1 aromatic rings. The third-order valence-corrected chi connectivity index (χ3v) is 4.79. The molecule has 0 aliphatic carbocycles. The number of imide groups is 1. The third-order valence-electron chi connectivity index (χ3n) is 4.79. The van der Waals surface area contributed by atoms with Crippen molar-refractivity contribution >= 4 is 17.5 Å². The third kappa shape index (κ3) is 3.24. The molecule has 0 N–H and O–H groups in total. The number of nitrogens with zero attached hydrogens (tertiary/aromatic N) is 2. The second kappa shape index (κ2) is 6.71. The number of ether oxygens (including phenoxy) is 1. The standard InChI is InChI=1S/C18H24N2O3/c1-3-23-15-6-4-14(5-7-15)20-17(21)12-16(18(20)22)19-10-8-13(2)9-11-19/h4-7,13,16H,3,8-12H2,1-2H3/t16-/m1/s1. The van der Waals surface area contributed by atoms with Crippen molar-refractivity contribution in [2.24, 2.45) is 5.92 Å². The number of anilines is 1. The first-order chi connectivity index (χ1) is 11.1. The van der Waals surface area contributed by atoms with E-state index in [1.165, 1.54) is 4.90 Å². The predicted octanol–water partition coefficient (Wildman–Crippen LogP) is 2.45. The number of piperidine rings is 1. The minimum Gasteiger partial charge on any atom is -0.494 e. The van der Waals surface area contributed by atoms with Crippen molar-refractivity contribution in [1.29, 1.82) is 0 Å². The number of likely N-dealkylation sites (tertiary alicyclic amines) is 1. The van der Waals surface area contributed by atoms with Gasteiger partial charge in [-0.05, 0) is 63.0 Å². The van der Waals surface area contributed by atoms with Gasteiger partial charge in [-0.15, -0.1) is 0 Å². The predicted molar refractivity (Wildman–Crippen MR) is 88.5 cm³/mol. The van der Waals surface area contributed by atoms with Crippen LogP contribution in [0.15, 0.2) is 24.3 Å². The molecule has 0 aromatic heterocycles. The van der Waals surface area contributed by atoms with Gasteiger partial charge in [0.2, 0.25) is 5.91 Å². The maximum Gasteiger partial charge on any atom is 0.251 e. The van der Waals surface area contributed by atoms with Crippen LogP contribution in [-0.2, 0) is 9.59 Å². The van der Waals surface area contributed by atoms with Gasteiger partial charge in [-0.3, -0.25) is 14.5 Å². The van der Waals surface area contributed by atoms with E-state index < -0.39 is 0 Å². The first-order valence-corrected chi connectivity index (χ1v) is 8.44. The highest BCUT2D eigenvalue weighted by Gasteiger charge is 2.43. The zero-order chi connectivity index (χ0) is 16.4. The molecule has 0 saturated carbocycles. The van der Waals surface area contributed by atoms with Crippen LogP contribution in [0.3, 0.4) is 0 Å². The second-order valence-electron chi connectivity index (χ2n) is 6.43. The number of benzene rings is 1. The van der Waals surface area contributed by atoms with Crippen LogP contribution in [0.2, 0.25) is 0 Å². The Morgan fingerprint density at radius 2 is 1.78 bits per heavy atom. The minimum absolute atomic E-state index is 0.0892. The van der Waals surface area contributed by atoms with E-state index in [9.17, 15) is 9.59 Å². The average molecular weight is 316 g/mol. The quantitative estimate of drug-likeness (QED) is 0.801. The Balaban J connectivity index is 1.73. The molecule has 0 unspecified atom stereocenters. The lowest BCUT2D eigenvalue weighted by molar-refractivity contribution is -0.123. The highest BCUT2D eigenvalue weighted by molar-refractivity contribution is 6.22. The van der Waals surface area contributed by atoms with Crippen LogP contribution in [0.25, 0.3) is 0 Å². The van der Waals surface area contributed by atoms with Crippen molar-refractivity contribution in [3.8, 4) is 5.75 Å². The molecule has 5 heteroatoms. The molecule has 0 spiro atoms. The van der Waals surface area contributed by atoms with E-state index in [4.69, 9.17) is 4.74 Å². The SMILES string of the molecule is CCOc1ccc(N2C(=O)C[C@@H](N3CCC(C)CC3)C2=O)cc1. The molecule has 2 amide bonds. The van der Waals surface area contributed by atoms with Gasteiger partial charge in [0, 0.05) is 0 Å².